The first kappa shape index (κ1) is 18.8. The minimum absolute atomic E-state index is 0.150. The van der Waals surface area contributed by atoms with Gasteiger partial charge < -0.3 is 4.90 Å². The van der Waals surface area contributed by atoms with Crippen LogP contribution in [0.25, 0.3) is 10.6 Å². The average Bonchev–Trinajstić information content (AvgIpc) is 3.16. The van der Waals surface area contributed by atoms with Gasteiger partial charge in [0.15, 0.2) is 9.84 Å². The fourth-order valence-electron chi connectivity index (χ4n) is 3.35. The van der Waals surface area contributed by atoms with Crippen LogP contribution in [-0.2, 0) is 16.3 Å². The second kappa shape index (κ2) is 7.14. The monoisotopic (exact) mass is 412 g/mol. The molecule has 2 aromatic carbocycles. The van der Waals surface area contributed by atoms with E-state index in [1.807, 2.05) is 31.2 Å². The second-order valence-electron chi connectivity index (χ2n) is 7.03. The number of hydrogen-bond donors (Lipinski definition) is 0. The number of hydrogen-bond acceptors (Lipinski definition) is 5. The smallest absolute Gasteiger partial charge is 0.277 e. The first-order valence-electron chi connectivity index (χ1n) is 9.00. The van der Waals surface area contributed by atoms with E-state index in [9.17, 15) is 13.2 Å². The maximum atomic E-state index is 13.1. The summed E-state index contributed by atoms with van der Waals surface area (Å²) in [5, 5.41) is 2.60. The average molecular weight is 413 g/mol. The Balaban J connectivity index is 1.64. The first-order chi connectivity index (χ1) is 13.3. The molecule has 0 saturated heterocycles. The molecule has 0 fully saturated rings. The Kier molecular flexibility index (Phi) is 4.81. The molecule has 144 valence electrons. The number of carbonyl (C=O) groups excluding carboxylic acids is 1. The van der Waals surface area contributed by atoms with Gasteiger partial charge in [-0.05, 0) is 43.5 Å². The number of carbonyl (C=O) groups is 1. The number of sulfone groups is 1. The highest BCUT2D eigenvalue weighted by Gasteiger charge is 2.26. The SMILES string of the molecule is Cc1ccc(-c2nc(C(=O)N3CCCc4cc(S(C)(=O)=O)ccc43)cs2)cc1. The number of anilines is 1. The summed E-state index contributed by atoms with van der Waals surface area (Å²) in [4.78, 5) is 19.6. The van der Waals surface area contributed by atoms with Gasteiger partial charge in [0, 0.05) is 29.4 Å². The Bertz CT molecular complexity index is 1150. The van der Waals surface area contributed by atoms with Crippen molar-refractivity contribution in [1.82, 2.24) is 4.98 Å². The number of nitrogens with zero attached hydrogens (tertiary/aromatic N) is 2. The number of fused-ring (bicyclic) bond motifs is 1. The molecule has 0 radical (unpaired) electrons. The molecule has 2 heterocycles. The second-order valence-corrected chi connectivity index (χ2v) is 9.90. The van der Waals surface area contributed by atoms with Crippen molar-refractivity contribution in [3.63, 3.8) is 0 Å². The highest BCUT2D eigenvalue weighted by molar-refractivity contribution is 7.90. The largest absolute Gasteiger partial charge is 0.307 e. The van der Waals surface area contributed by atoms with Gasteiger partial charge >= 0.3 is 0 Å². The first-order valence-corrected chi connectivity index (χ1v) is 11.8. The van der Waals surface area contributed by atoms with Crippen LogP contribution in [0.3, 0.4) is 0 Å². The van der Waals surface area contributed by atoms with E-state index in [1.54, 1.807) is 28.5 Å². The van der Waals surface area contributed by atoms with Crippen molar-refractivity contribution < 1.29 is 13.2 Å². The Morgan fingerprint density at radius 2 is 1.89 bits per heavy atom. The Hall–Kier alpha value is -2.51. The highest BCUT2D eigenvalue weighted by Crippen LogP contribution is 2.31. The van der Waals surface area contributed by atoms with Crippen LogP contribution in [0.5, 0.6) is 0 Å². The van der Waals surface area contributed by atoms with Crippen molar-refractivity contribution in [1.29, 1.82) is 0 Å². The van der Waals surface area contributed by atoms with E-state index < -0.39 is 9.84 Å². The summed E-state index contributed by atoms with van der Waals surface area (Å²) in [5.41, 5.74) is 4.24. The third kappa shape index (κ3) is 3.59. The minimum Gasteiger partial charge on any atom is -0.307 e. The summed E-state index contributed by atoms with van der Waals surface area (Å²) in [7, 11) is -3.27. The van der Waals surface area contributed by atoms with E-state index in [0.29, 0.717) is 12.2 Å². The van der Waals surface area contributed by atoms with Crippen LogP contribution in [0.15, 0.2) is 52.7 Å². The number of thiazole rings is 1. The van der Waals surface area contributed by atoms with Crippen LogP contribution in [0.1, 0.15) is 28.0 Å². The molecular formula is C21H20N2O3S2. The maximum Gasteiger partial charge on any atom is 0.277 e. The third-order valence-electron chi connectivity index (χ3n) is 4.86. The van der Waals surface area contributed by atoms with E-state index in [4.69, 9.17) is 0 Å². The Morgan fingerprint density at radius 1 is 1.14 bits per heavy atom. The van der Waals surface area contributed by atoms with Crippen LogP contribution in [-0.4, -0.2) is 32.1 Å². The predicted octanol–water partition coefficient (Wildman–Crippen LogP) is 4.12. The fraction of sp³-hybridized carbons (Fsp3) is 0.238. The minimum atomic E-state index is -3.27. The molecule has 1 aliphatic heterocycles. The van der Waals surface area contributed by atoms with E-state index in [0.717, 1.165) is 34.7 Å². The molecule has 1 aromatic heterocycles. The molecule has 0 atom stereocenters. The summed E-state index contributed by atoms with van der Waals surface area (Å²) in [6.45, 7) is 2.63. The lowest BCUT2D eigenvalue weighted by molar-refractivity contribution is 0.0981. The van der Waals surface area contributed by atoms with Crippen LogP contribution in [0.4, 0.5) is 5.69 Å². The molecule has 5 nitrogen and oxygen atoms in total. The molecule has 1 aliphatic rings. The molecular weight excluding hydrogens is 392 g/mol. The molecule has 0 N–H and O–H groups in total. The van der Waals surface area contributed by atoms with Gasteiger partial charge in [-0.15, -0.1) is 11.3 Å². The van der Waals surface area contributed by atoms with Crippen LogP contribution in [0.2, 0.25) is 0 Å². The normalized spacial score (nSPS) is 14.0. The quantitative estimate of drug-likeness (QED) is 0.649. The van der Waals surface area contributed by atoms with Crippen molar-refractivity contribution in [2.75, 3.05) is 17.7 Å². The maximum absolute atomic E-state index is 13.1. The van der Waals surface area contributed by atoms with Crippen molar-refractivity contribution in [3.8, 4) is 10.6 Å². The standard InChI is InChI=1S/C21H20N2O3S2/c1-14-5-7-15(8-6-14)20-22-18(13-27-20)21(24)23-11-3-4-16-12-17(28(2,25)26)9-10-19(16)23/h5-10,12-13H,3-4,11H2,1-2H3. The Morgan fingerprint density at radius 3 is 2.61 bits per heavy atom. The third-order valence-corrected chi connectivity index (χ3v) is 6.87. The number of aryl methyl sites for hydroxylation is 2. The molecule has 1 amide bonds. The Labute approximate surface area is 168 Å². The highest BCUT2D eigenvalue weighted by atomic mass is 32.2. The fourth-order valence-corrected chi connectivity index (χ4v) is 4.83. The van der Waals surface area contributed by atoms with Crippen molar-refractivity contribution in [2.45, 2.75) is 24.7 Å². The van der Waals surface area contributed by atoms with Gasteiger partial charge in [-0.2, -0.15) is 0 Å². The summed E-state index contributed by atoms with van der Waals surface area (Å²) in [6.07, 6.45) is 2.75. The van der Waals surface area contributed by atoms with Gasteiger partial charge in [0.2, 0.25) is 0 Å². The summed E-state index contributed by atoms with van der Waals surface area (Å²) >= 11 is 1.45. The van der Waals surface area contributed by atoms with Gasteiger partial charge in [0.1, 0.15) is 10.7 Å². The molecule has 0 unspecified atom stereocenters. The zero-order chi connectivity index (χ0) is 19.9. The number of rotatable bonds is 3. The summed E-state index contributed by atoms with van der Waals surface area (Å²) in [6, 6.07) is 13.0. The number of amides is 1. The van der Waals surface area contributed by atoms with Gasteiger partial charge in [-0.1, -0.05) is 29.8 Å². The molecule has 28 heavy (non-hydrogen) atoms. The molecule has 4 rings (SSSR count). The van der Waals surface area contributed by atoms with Crippen LogP contribution < -0.4 is 4.90 Å². The van der Waals surface area contributed by atoms with Gasteiger partial charge in [0.25, 0.3) is 5.91 Å². The number of aromatic nitrogens is 1. The summed E-state index contributed by atoms with van der Waals surface area (Å²) < 4.78 is 23.6. The van der Waals surface area contributed by atoms with Gasteiger partial charge in [-0.25, -0.2) is 13.4 Å². The van der Waals surface area contributed by atoms with E-state index in [-0.39, 0.29) is 10.8 Å². The zero-order valence-corrected chi connectivity index (χ0v) is 17.3. The molecule has 0 bridgehead atoms. The lowest BCUT2D eigenvalue weighted by atomic mass is 10.0. The van der Waals surface area contributed by atoms with Crippen molar-refractivity contribution in [3.05, 3.63) is 64.7 Å². The van der Waals surface area contributed by atoms with E-state index in [1.165, 1.54) is 23.2 Å². The van der Waals surface area contributed by atoms with Gasteiger partial charge in [-0.3, -0.25) is 4.79 Å². The van der Waals surface area contributed by atoms with E-state index >= 15 is 0 Å². The van der Waals surface area contributed by atoms with Crippen molar-refractivity contribution >= 4 is 32.8 Å². The van der Waals surface area contributed by atoms with Crippen molar-refractivity contribution in [2.24, 2.45) is 0 Å². The van der Waals surface area contributed by atoms with Gasteiger partial charge in [0.05, 0.1) is 4.90 Å². The topological polar surface area (TPSA) is 67.3 Å². The molecule has 7 heteroatoms. The molecule has 0 aliphatic carbocycles. The molecule has 0 saturated carbocycles. The van der Waals surface area contributed by atoms with Crippen LogP contribution in [0, 0.1) is 6.92 Å². The molecule has 3 aromatic rings. The lowest BCUT2D eigenvalue weighted by Crippen LogP contribution is -2.35. The van der Waals surface area contributed by atoms with Crippen LogP contribution >= 0.6 is 11.3 Å². The lowest BCUT2D eigenvalue weighted by Gasteiger charge is -2.29. The predicted molar refractivity (Wildman–Crippen MR) is 112 cm³/mol. The molecule has 0 spiro atoms. The zero-order valence-electron chi connectivity index (χ0n) is 15.7. The number of benzene rings is 2. The van der Waals surface area contributed by atoms with E-state index in [2.05, 4.69) is 4.98 Å². The summed E-state index contributed by atoms with van der Waals surface area (Å²) in [5.74, 6) is -0.150.